The second-order valence-corrected chi connectivity index (χ2v) is 7.45. The van der Waals surface area contributed by atoms with Crippen LogP contribution in [-0.2, 0) is 6.18 Å². The van der Waals surface area contributed by atoms with E-state index >= 15 is 0 Å². The van der Waals surface area contributed by atoms with E-state index in [0.29, 0.717) is 10.8 Å². The summed E-state index contributed by atoms with van der Waals surface area (Å²) in [4.78, 5) is 0. The summed E-state index contributed by atoms with van der Waals surface area (Å²) in [5.41, 5.74) is 5.28. The fourth-order valence-electron chi connectivity index (χ4n) is 2.20. The Hall–Kier alpha value is -0.400. The first-order valence-electron chi connectivity index (χ1n) is 6.16. The Bertz CT molecular complexity index is 478. The van der Waals surface area contributed by atoms with Crippen molar-refractivity contribution >= 4 is 23.5 Å². The molecule has 1 saturated heterocycles. The van der Waals surface area contributed by atoms with E-state index < -0.39 is 23.6 Å². The molecule has 1 aliphatic rings. The average molecular weight is 325 g/mol. The predicted molar refractivity (Wildman–Crippen MR) is 76.5 cm³/mol. The predicted octanol–water partition coefficient (Wildman–Crippen LogP) is 4.08. The van der Waals surface area contributed by atoms with Crippen molar-refractivity contribution in [2.75, 3.05) is 11.5 Å². The van der Waals surface area contributed by atoms with Crippen LogP contribution >= 0.6 is 23.5 Å². The fourth-order valence-corrected chi connectivity index (χ4v) is 5.08. The number of nitrogens with two attached hydrogens (primary N) is 1. The second kappa shape index (κ2) is 6.15. The van der Waals surface area contributed by atoms with Crippen molar-refractivity contribution in [3.05, 3.63) is 35.1 Å². The molecule has 0 spiro atoms. The zero-order valence-electron chi connectivity index (χ0n) is 10.8. The topological polar surface area (TPSA) is 26.0 Å². The Labute approximate surface area is 123 Å². The molecule has 0 radical (unpaired) electrons. The summed E-state index contributed by atoms with van der Waals surface area (Å²) in [7, 11) is 0. The van der Waals surface area contributed by atoms with Crippen LogP contribution in [0.15, 0.2) is 18.2 Å². The van der Waals surface area contributed by atoms with Crippen molar-refractivity contribution in [1.82, 2.24) is 0 Å². The Morgan fingerprint density at radius 2 is 1.90 bits per heavy atom. The molecule has 0 bridgehead atoms. The van der Waals surface area contributed by atoms with E-state index in [2.05, 4.69) is 0 Å². The van der Waals surface area contributed by atoms with Gasteiger partial charge in [-0.2, -0.15) is 36.7 Å². The molecule has 1 heterocycles. The van der Waals surface area contributed by atoms with Gasteiger partial charge in [0.25, 0.3) is 0 Å². The van der Waals surface area contributed by atoms with Gasteiger partial charge in [-0.25, -0.2) is 4.39 Å². The first kappa shape index (κ1) is 16.0. The van der Waals surface area contributed by atoms with Gasteiger partial charge in [0.2, 0.25) is 0 Å². The summed E-state index contributed by atoms with van der Waals surface area (Å²) >= 11 is 3.49. The quantitative estimate of drug-likeness (QED) is 0.830. The van der Waals surface area contributed by atoms with Gasteiger partial charge in [0.1, 0.15) is 5.82 Å². The molecule has 2 N–H and O–H groups in total. The van der Waals surface area contributed by atoms with Crippen LogP contribution in [0.3, 0.4) is 0 Å². The van der Waals surface area contributed by atoms with Crippen LogP contribution in [0.4, 0.5) is 17.6 Å². The lowest BCUT2D eigenvalue weighted by atomic mass is 10.0. The van der Waals surface area contributed by atoms with E-state index in [9.17, 15) is 17.6 Å². The average Bonchev–Trinajstić information content (AvgIpc) is 2.37. The maximum atomic E-state index is 13.6. The number of rotatable bonds is 2. The third-order valence-corrected chi connectivity index (χ3v) is 6.49. The summed E-state index contributed by atoms with van der Waals surface area (Å²) in [5, 5.41) is 0.388. The lowest BCUT2D eigenvalue weighted by molar-refractivity contribution is -0.140. The highest BCUT2D eigenvalue weighted by atomic mass is 32.2. The monoisotopic (exact) mass is 325 g/mol. The fraction of sp³-hybridized carbons (Fsp3) is 0.538. The molecule has 0 aliphatic carbocycles. The van der Waals surface area contributed by atoms with Gasteiger partial charge in [-0.05, 0) is 17.7 Å². The van der Waals surface area contributed by atoms with Crippen LogP contribution in [0.2, 0.25) is 0 Å². The standard InChI is InChI=1S/C13H15F4NS2/c1-7-12(20-5-4-19-7)11(18)8-2-3-9(10(14)6-8)13(15,16)17/h2-3,6-7,11-12H,4-5,18H2,1H3. The van der Waals surface area contributed by atoms with Crippen LogP contribution < -0.4 is 5.73 Å². The molecule has 7 heteroatoms. The third kappa shape index (κ3) is 3.43. The van der Waals surface area contributed by atoms with Gasteiger partial charge in [-0.1, -0.05) is 13.0 Å². The Morgan fingerprint density at radius 1 is 1.25 bits per heavy atom. The number of hydrogen-bond acceptors (Lipinski definition) is 3. The SMILES string of the molecule is CC1SCCSC1C(N)c1ccc(C(F)(F)F)c(F)c1. The molecular formula is C13H15F4NS2. The molecule has 0 saturated carbocycles. The van der Waals surface area contributed by atoms with Gasteiger partial charge >= 0.3 is 6.18 Å². The summed E-state index contributed by atoms with van der Waals surface area (Å²) in [6, 6.07) is 2.51. The highest BCUT2D eigenvalue weighted by molar-refractivity contribution is 8.07. The molecule has 0 amide bonds. The largest absolute Gasteiger partial charge is 0.419 e. The van der Waals surface area contributed by atoms with Gasteiger partial charge in [0.05, 0.1) is 5.56 Å². The number of alkyl halides is 3. The zero-order chi connectivity index (χ0) is 14.9. The van der Waals surface area contributed by atoms with E-state index in [1.807, 2.05) is 6.92 Å². The minimum absolute atomic E-state index is 0.0879. The summed E-state index contributed by atoms with van der Waals surface area (Å²) in [6.45, 7) is 2.04. The normalized spacial score (nSPS) is 25.5. The smallest absolute Gasteiger partial charge is 0.323 e. The van der Waals surface area contributed by atoms with Gasteiger partial charge in [-0.3, -0.25) is 0 Å². The number of benzene rings is 1. The van der Waals surface area contributed by atoms with Crippen LogP contribution in [0.25, 0.3) is 0 Å². The van der Waals surface area contributed by atoms with Crippen molar-refractivity contribution in [1.29, 1.82) is 0 Å². The van der Waals surface area contributed by atoms with Crippen LogP contribution in [-0.4, -0.2) is 22.0 Å². The maximum absolute atomic E-state index is 13.6. The summed E-state index contributed by atoms with van der Waals surface area (Å²) in [6.07, 6.45) is -4.67. The number of halogens is 4. The minimum Gasteiger partial charge on any atom is -0.323 e. The lowest BCUT2D eigenvalue weighted by Crippen LogP contribution is -2.34. The van der Waals surface area contributed by atoms with Gasteiger partial charge in [0.15, 0.2) is 0 Å². The van der Waals surface area contributed by atoms with Crippen molar-refractivity contribution in [2.45, 2.75) is 29.6 Å². The van der Waals surface area contributed by atoms with Gasteiger partial charge < -0.3 is 5.73 Å². The molecule has 112 valence electrons. The zero-order valence-corrected chi connectivity index (χ0v) is 12.4. The highest BCUT2D eigenvalue weighted by Crippen LogP contribution is 2.39. The molecule has 0 aromatic heterocycles. The van der Waals surface area contributed by atoms with E-state index in [1.165, 1.54) is 6.07 Å². The van der Waals surface area contributed by atoms with E-state index in [4.69, 9.17) is 5.73 Å². The Morgan fingerprint density at radius 3 is 2.45 bits per heavy atom. The summed E-state index contributed by atoms with van der Waals surface area (Å²) < 4.78 is 51.1. The Balaban J connectivity index is 2.23. The number of hydrogen-bond donors (Lipinski definition) is 1. The lowest BCUT2D eigenvalue weighted by Gasteiger charge is -2.32. The van der Waals surface area contributed by atoms with Crippen molar-refractivity contribution in [3.8, 4) is 0 Å². The molecule has 1 aliphatic heterocycles. The first-order chi connectivity index (χ1) is 9.30. The molecule has 20 heavy (non-hydrogen) atoms. The van der Waals surface area contributed by atoms with Crippen LogP contribution in [0, 0.1) is 5.82 Å². The van der Waals surface area contributed by atoms with Crippen molar-refractivity contribution in [3.63, 3.8) is 0 Å². The molecule has 3 atom stereocenters. The Kier molecular flexibility index (Phi) is 4.92. The third-order valence-electron chi connectivity index (χ3n) is 3.27. The molecule has 2 rings (SSSR count). The van der Waals surface area contributed by atoms with Gasteiger partial charge in [-0.15, -0.1) is 0 Å². The van der Waals surface area contributed by atoms with Crippen molar-refractivity contribution in [2.24, 2.45) is 5.73 Å². The van der Waals surface area contributed by atoms with E-state index in [-0.39, 0.29) is 5.25 Å². The van der Waals surface area contributed by atoms with Crippen LogP contribution in [0.1, 0.15) is 24.1 Å². The first-order valence-corrected chi connectivity index (χ1v) is 8.26. The molecule has 1 fully saturated rings. The van der Waals surface area contributed by atoms with Crippen molar-refractivity contribution < 1.29 is 17.6 Å². The molecular weight excluding hydrogens is 310 g/mol. The van der Waals surface area contributed by atoms with Crippen LogP contribution in [0.5, 0.6) is 0 Å². The molecule has 1 aromatic rings. The molecule has 1 nitrogen and oxygen atoms in total. The molecule has 3 unspecified atom stereocenters. The summed E-state index contributed by atoms with van der Waals surface area (Å²) in [5.74, 6) is 0.735. The highest BCUT2D eigenvalue weighted by Gasteiger charge is 2.35. The van der Waals surface area contributed by atoms with Gasteiger partial charge in [0, 0.05) is 28.0 Å². The second-order valence-electron chi connectivity index (χ2n) is 4.67. The number of thioether (sulfide) groups is 2. The maximum Gasteiger partial charge on any atom is 0.419 e. The molecule has 1 aromatic carbocycles. The van der Waals surface area contributed by atoms with E-state index in [0.717, 1.165) is 23.6 Å². The minimum atomic E-state index is -4.67. The van der Waals surface area contributed by atoms with E-state index in [1.54, 1.807) is 23.5 Å².